The molecule has 0 bridgehead atoms. The van der Waals surface area contributed by atoms with Gasteiger partial charge in [0.05, 0.1) is 12.3 Å². The molecule has 1 aromatic rings. The Morgan fingerprint density at radius 1 is 1.24 bits per heavy atom. The van der Waals surface area contributed by atoms with Gasteiger partial charge in [0.1, 0.15) is 5.82 Å². The number of nitrogens with zero attached hydrogens (tertiary/aromatic N) is 2. The van der Waals surface area contributed by atoms with Crippen LogP contribution in [0.3, 0.4) is 0 Å². The molecule has 4 nitrogen and oxygen atoms in total. The van der Waals surface area contributed by atoms with Gasteiger partial charge in [-0.3, -0.25) is 4.90 Å². The molecule has 3 N–H and O–H groups in total. The van der Waals surface area contributed by atoms with Crippen molar-refractivity contribution in [2.24, 2.45) is 0 Å². The smallest absolute Gasteiger partial charge is 0.148 e. The third-order valence-electron chi connectivity index (χ3n) is 3.14. The summed E-state index contributed by atoms with van der Waals surface area (Å²) in [5.41, 5.74) is 6.51. The second-order valence-corrected chi connectivity index (χ2v) is 4.26. The van der Waals surface area contributed by atoms with Crippen LogP contribution in [0.15, 0.2) is 18.2 Å². The predicted molar refractivity (Wildman–Crippen MR) is 66.6 cm³/mol. The zero-order valence-corrected chi connectivity index (χ0v) is 9.77. The second kappa shape index (κ2) is 5.33. The van der Waals surface area contributed by atoms with Crippen molar-refractivity contribution in [3.8, 4) is 0 Å². The van der Waals surface area contributed by atoms with Crippen LogP contribution in [0.2, 0.25) is 0 Å². The lowest BCUT2D eigenvalue weighted by molar-refractivity contribution is 0.189. The topological polar surface area (TPSA) is 52.7 Å². The molecule has 1 heterocycles. The highest BCUT2D eigenvalue weighted by Crippen LogP contribution is 2.21. The van der Waals surface area contributed by atoms with Gasteiger partial charge < -0.3 is 15.7 Å². The quantitative estimate of drug-likeness (QED) is 0.755. The number of rotatable bonds is 3. The Bertz CT molecular complexity index is 378. The fourth-order valence-corrected chi connectivity index (χ4v) is 2.08. The molecule has 0 atom stereocenters. The molecule has 2 rings (SSSR count). The van der Waals surface area contributed by atoms with Gasteiger partial charge in [-0.25, -0.2) is 4.39 Å². The molecule has 0 saturated carbocycles. The van der Waals surface area contributed by atoms with E-state index in [9.17, 15) is 4.39 Å². The summed E-state index contributed by atoms with van der Waals surface area (Å²) in [6.07, 6.45) is 0. The molecule has 0 amide bonds. The summed E-state index contributed by atoms with van der Waals surface area (Å²) in [6, 6.07) is 4.93. The molecule has 0 spiro atoms. The van der Waals surface area contributed by atoms with E-state index in [1.807, 2.05) is 6.07 Å². The molecule has 1 aliphatic rings. The molecule has 0 unspecified atom stereocenters. The number of anilines is 2. The van der Waals surface area contributed by atoms with Crippen LogP contribution in [0.25, 0.3) is 0 Å². The van der Waals surface area contributed by atoms with Crippen molar-refractivity contribution in [3.05, 3.63) is 24.0 Å². The number of benzene rings is 1. The summed E-state index contributed by atoms with van der Waals surface area (Å²) in [5.74, 6) is -0.361. The number of β-amino-alcohol motifs (C(OH)–C–C–N with tert-alkyl or cyclic N) is 1. The maximum atomic E-state index is 13.3. The van der Waals surface area contributed by atoms with Crippen LogP contribution in [0.5, 0.6) is 0 Å². The van der Waals surface area contributed by atoms with Crippen LogP contribution in [-0.2, 0) is 0 Å². The highest BCUT2D eigenvalue weighted by atomic mass is 19.1. The fraction of sp³-hybridized carbons (Fsp3) is 0.500. The molecule has 0 radical (unpaired) electrons. The van der Waals surface area contributed by atoms with Gasteiger partial charge >= 0.3 is 0 Å². The van der Waals surface area contributed by atoms with Gasteiger partial charge in [-0.15, -0.1) is 0 Å². The van der Waals surface area contributed by atoms with Gasteiger partial charge in [-0.05, 0) is 18.2 Å². The minimum Gasteiger partial charge on any atom is -0.396 e. The van der Waals surface area contributed by atoms with E-state index in [-0.39, 0.29) is 18.1 Å². The number of piperazine rings is 1. The van der Waals surface area contributed by atoms with Crippen LogP contribution in [0.4, 0.5) is 15.8 Å². The maximum absolute atomic E-state index is 13.3. The summed E-state index contributed by atoms with van der Waals surface area (Å²) in [4.78, 5) is 4.33. The van der Waals surface area contributed by atoms with Gasteiger partial charge in [0.2, 0.25) is 0 Å². The number of aliphatic hydroxyl groups excluding tert-OH is 1. The number of nitrogen functional groups attached to an aromatic ring is 1. The third-order valence-corrected chi connectivity index (χ3v) is 3.14. The maximum Gasteiger partial charge on any atom is 0.148 e. The average molecular weight is 239 g/mol. The summed E-state index contributed by atoms with van der Waals surface area (Å²) in [6.45, 7) is 4.40. The lowest BCUT2D eigenvalue weighted by atomic mass is 10.2. The molecule has 5 heteroatoms. The first-order valence-corrected chi connectivity index (χ1v) is 5.84. The second-order valence-electron chi connectivity index (χ2n) is 4.26. The van der Waals surface area contributed by atoms with E-state index in [0.29, 0.717) is 6.54 Å². The Labute approximate surface area is 100 Å². The van der Waals surface area contributed by atoms with E-state index >= 15 is 0 Å². The highest BCUT2D eigenvalue weighted by Gasteiger charge is 2.17. The minimum atomic E-state index is -0.361. The van der Waals surface area contributed by atoms with Crippen LogP contribution in [0, 0.1) is 5.82 Å². The zero-order chi connectivity index (χ0) is 12.3. The molecule has 0 aliphatic carbocycles. The van der Waals surface area contributed by atoms with Crippen LogP contribution < -0.4 is 10.6 Å². The fourth-order valence-electron chi connectivity index (χ4n) is 2.08. The Hall–Kier alpha value is -1.33. The number of hydrogen-bond donors (Lipinski definition) is 2. The standard InChI is InChI=1S/C12H18FN3O/c13-11-9-10(1-2-12(11)14)16-5-3-15(4-6-16)7-8-17/h1-2,9,17H,3-8,14H2. The lowest BCUT2D eigenvalue weighted by Crippen LogP contribution is -2.47. The molecule has 1 saturated heterocycles. The monoisotopic (exact) mass is 239 g/mol. The summed E-state index contributed by atoms with van der Waals surface area (Å²) in [7, 11) is 0. The lowest BCUT2D eigenvalue weighted by Gasteiger charge is -2.35. The SMILES string of the molecule is Nc1ccc(N2CCN(CCO)CC2)cc1F. The molecular formula is C12H18FN3O. The van der Waals surface area contributed by atoms with Crippen molar-refractivity contribution < 1.29 is 9.50 Å². The first-order valence-electron chi connectivity index (χ1n) is 5.84. The van der Waals surface area contributed by atoms with Gasteiger partial charge in [-0.1, -0.05) is 0 Å². The molecule has 0 aromatic heterocycles. The predicted octanol–water partition coefficient (Wildman–Crippen LogP) is 0.522. The Balaban J connectivity index is 1.98. The van der Waals surface area contributed by atoms with Crippen LogP contribution in [0.1, 0.15) is 0 Å². The normalized spacial score (nSPS) is 17.4. The summed E-state index contributed by atoms with van der Waals surface area (Å²) >= 11 is 0. The summed E-state index contributed by atoms with van der Waals surface area (Å²) < 4.78 is 13.3. The van der Waals surface area contributed by atoms with Crippen molar-refractivity contribution in [1.82, 2.24) is 4.90 Å². The van der Waals surface area contributed by atoms with Crippen molar-refractivity contribution in [1.29, 1.82) is 0 Å². The Morgan fingerprint density at radius 2 is 1.94 bits per heavy atom. The Kier molecular flexibility index (Phi) is 3.81. The van der Waals surface area contributed by atoms with Crippen molar-refractivity contribution >= 4 is 11.4 Å². The van der Waals surface area contributed by atoms with E-state index < -0.39 is 0 Å². The first kappa shape index (κ1) is 12.1. The number of aliphatic hydroxyl groups is 1. The molecule has 17 heavy (non-hydrogen) atoms. The number of nitrogens with two attached hydrogens (primary N) is 1. The van der Waals surface area contributed by atoms with Crippen molar-refractivity contribution in [2.75, 3.05) is 50.0 Å². The van der Waals surface area contributed by atoms with E-state index in [2.05, 4.69) is 9.80 Å². The average Bonchev–Trinajstić information content (AvgIpc) is 2.34. The molecule has 1 fully saturated rings. The minimum absolute atomic E-state index is 0.188. The number of halogens is 1. The molecule has 1 aromatic carbocycles. The Morgan fingerprint density at radius 3 is 2.53 bits per heavy atom. The van der Waals surface area contributed by atoms with E-state index in [0.717, 1.165) is 31.9 Å². The molecule has 94 valence electrons. The largest absolute Gasteiger partial charge is 0.396 e. The first-order chi connectivity index (χ1) is 8.20. The van der Waals surface area contributed by atoms with Crippen LogP contribution in [-0.4, -0.2) is 49.3 Å². The van der Waals surface area contributed by atoms with Gasteiger partial charge in [0.15, 0.2) is 0 Å². The third kappa shape index (κ3) is 2.87. The molecule has 1 aliphatic heterocycles. The van der Waals surface area contributed by atoms with Gasteiger partial charge in [-0.2, -0.15) is 0 Å². The van der Waals surface area contributed by atoms with E-state index in [1.165, 1.54) is 6.07 Å². The molecular weight excluding hydrogens is 221 g/mol. The van der Waals surface area contributed by atoms with Crippen LogP contribution >= 0.6 is 0 Å². The zero-order valence-electron chi connectivity index (χ0n) is 9.77. The van der Waals surface area contributed by atoms with Crippen molar-refractivity contribution in [3.63, 3.8) is 0 Å². The van der Waals surface area contributed by atoms with Crippen molar-refractivity contribution in [2.45, 2.75) is 0 Å². The van der Waals surface area contributed by atoms with Gasteiger partial charge in [0, 0.05) is 38.4 Å². The summed E-state index contributed by atoms with van der Waals surface area (Å²) in [5, 5.41) is 8.85. The number of hydrogen-bond acceptors (Lipinski definition) is 4. The van der Waals surface area contributed by atoms with E-state index in [4.69, 9.17) is 10.8 Å². The van der Waals surface area contributed by atoms with E-state index in [1.54, 1.807) is 6.07 Å². The van der Waals surface area contributed by atoms with Gasteiger partial charge in [0.25, 0.3) is 0 Å². The highest BCUT2D eigenvalue weighted by molar-refractivity contribution is 5.54.